The Bertz CT molecular complexity index is 684. The third kappa shape index (κ3) is 7.57. The summed E-state index contributed by atoms with van der Waals surface area (Å²) in [7, 11) is 1.73. The standard InChI is InChI=1S/C18H25ClN6O/c1-20-18(22-11-3-13-25-14-4-12-23-25)21-10-2-5-17(26)24-16-8-6-15(19)7-9-16/h4,6-9,12,14H,2-3,5,10-11,13H2,1H3,(H,24,26)(H2,20,21,22). The van der Waals surface area contributed by atoms with Gasteiger partial charge in [-0.05, 0) is 43.2 Å². The third-order valence-corrected chi connectivity index (χ3v) is 3.89. The lowest BCUT2D eigenvalue weighted by Gasteiger charge is -2.12. The lowest BCUT2D eigenvalue weighted by atomic mass is 10.2. The van der Waals surface area contributed by atoms with Crippen LogP contribution in [0.2, 0.25) is 5.02 Å². The summed E-state index contributed by atoms with van der Waals surface area (Å²) >= 11 is 5.82. The summed E-state index contributed by atoms with van der Waals surface area (Å²) in [4.78, 5) is 16.1. The number of hydrogen-bond donors (Lipinski definition) is 3. The van der Waals surface area contributed by atoms with Gasteiger partial charge in [0.25, 0.3) is 0 Å². The zero-order valence-electron chi connectivity index (χ0n) is 14.9. The fourth-order valence-electron chi connectivity index (χ4n) is 2.31. The number of guanidine groups is 1. The van der Waals surface area contributed by atoms with Gasteiger partial charge in [0.05, 0.1) is 0 Å². The largest absolute Gasteiger partial charge is 0.356 e. The summed E-state index contributed by atoms with van der Waals surface area (Å²) < 4.78 is 1.90. The maximum atomic E-state index is 11.9. The molecule has 0 aliphatic heterocycles. The number of nitrogens with one attached hydrogen (secondary N) is 3. The minimum absolute atomic E-state index is 0.0173. The molecule has 140 valence electrons. The predicted octanol–water partition coefficient (Wildman–Crippen LogP) is 2.51. The van der Waals surface area contributed by atoms with Gasteiger partial charge < -0.3 is 16.0 Å². The average molecular weight is 377 g/mol. The highest BCUT2D eigenvalue weighted by atomic mass is 35.5. The van der Waals surface area contributed by atoms with Crippen LogP contribution < -0.4 is 16.0 Å². The van der Waals surface area contributed by atoms with Crippen LogP contribution in [0.3, 0.4) is 0 Å². The quantitative estimate of drug-likeness (QED) is 0.357. The number of halogens is 1. The van der Waals surface area contributed by atoms with Crippen molar-refractivity contribution in [3.8, 4) is 0 Å². The number of rotatable bonds is 9. The SMILES string of the molecule is CN=C(NCCCC(=O)Nc1ccc(Cl)cc1)NCCCn1cccn1. The molecule has 8 heteroatoms. The molecule has 2 aromatic rings. The maximum absolute atomic E-state index is 11.9. The van der Waals surface area contributed by atoms with Crippen molar-refractivity contribution in [3.05, 3.63) is 47.7 Å². The molecule has 0 unspecified atom stereocenters. The molecule has 0 aliphatic carbocycles. The molecule has 1 aromatic carbocycles. The van der Waals surface area contributed by atoms with Crippen molar-refractivity contribution in [3.63, 3.8) is 0 Å². The van der Waals surface area contributed by atoms with E-state index in [1.165, 1.54) is 0 Å². The van der Waals surface area contributed by atoms with Crippen molar-refractivity contribution in [2.24, 2.45) is 4.99 Å². The molecule has 0 saturated carbocycles. The van der Waals surface area contributed by atoms with Crippen LogP contribution in [0.5, 0.6) is 0 Å². The van der Waals surface area contributed by atoms with E-state index in [-0.39, 0.29) is 5.91 Å². The zero-order valence-corrected chi connectivity index (χ0v) is 15.7. The van der Waals surface area contributed by atoms with E-state index in [1.807, 2.05) is 16.9 Å². The number of aryl methyl sites for hydroxylation is 1. The maximum Gasteiger partial charge on any atom is 0.224 e. The first-order valence-corrected chi connectivity index (χ1v) is 9.02. The van der Waals surface area contributed by atoms with Gasteiger partial charge in [-0.15, -0.1) is 0 Å². The molecule has 1 amide bonds. The summed E-state index contributed by atoms with van der Waals surface area (Å²) in [6, 6.07) is 8.99. The third-order valence-electron chi connectivity index (χ3n) is 3.64. The van der Waals surface area contributed by atoms with E-state index in [1.54, 1.807) is 37.5 Å². The van der Waals surface area contributed by atoms with Gasteiger partial charge in [-0.3, -0.25) is 14.5 Å². The van der Waals surface area contributed by atoms with Crippen molar-refractivity contribution in [1.29, 1.82) is 0 Å². The number of nitrogens with zero attached hydrogens (tertiary/aromatic N) is 3. The van der Waals surface area contributed by atoms with Crippen molar-refractivity contribution in [2.45, 2.75) is 25.8 Å². The highest BCUT2D eigenvalue weighted by Crippen LogP contribution is 2.13. The van der Waals surface area contributed by atoms with Gasteiger partial charge in [0, 0.05) is 56.2 Å². The van der Waals surface area contributed by atoms with Crippen LogP contribution >= 0.6 is 11.6 Å². The fraction of sp³-hybridized carbons (Fsp3) is 0.389. The van der Waals surface area contributed by atoms with E-state index >= 15 is 0 Å². The van der Waals surface area contributed by atoms with E-state index in [4.69, 9.17) is 11.6 Å². The van der Waals surface area contributed by atoms with Crippen molar-refractivity contribution in [1.82, 2.24) is 20.4 Å². The topological polar surface area (TPSA) is 83.3 Å². The van der Waals surface area contributed by atoms with Gasteiger partial charge in [-0.2, -0.15) is 5.10 Å². The zero-order chi connectivity index (χ0) is 18.6. The molecule has 0 spiro atoms. The Morgan fingerprint density at radius 2 is 1.92 bits per heavy atom. The van der Waals surface area contributed by atoms with Crippen LogP contribution in [0, 0.1) is 0 Å². The fourth-order valence-corrected chi connectivity index (χ4v) is 2.44. The second-order valence-electron chi connectivity index (χ2n) is 5.71. The van der Waals surface area contributed by atoms with Crippen LogP contribution in [0.15, 0.2) is 47.7 Å². The van der Waals surface area contributed by atoms with Crippen LogP contribution in [-0.2, 0) is 11.3 Å². The molecule has 26 heavy (non-hydrogen) atoms. The van der Waals surface area contributed by atoms with Crippen LogP contribution in [0.25, 0.3) is 0 Å². The van der Waals surface area contributed by atoms with E-state index in [0.29, 0.717) is 24.4 Å². The van der Waals surface area contributed by atoms with Gasteiger partial charge >= 0.3 is 0 Å². The minimum atomic E-state index is -0.0173. The lowest BCUT2D eigenvalue weighted by Crippen LogP contribution is -2.38. The van der Waals surface area contributed by atoms with Crippen LogP contribution in [-0.4, -0.2) is 41.8 Å². The number of benzene rings is 1. The van der Waals surface area contributed by atoms with Gasteiger partial charge in [0.2, 0.25) is 5.91 Å². The van der Waals surface area contributed by atoms with Gasteiger partial charge in [0.15, 0.2) is 5.96 Å². The summed E-state index contributed by atoms with van der Waals surface area (Å²) in [5, 5.41) is 14.1. The normalized spacial score (nSPS) is 11.2. The van der Waals surface area contributed by atoms with E-state index in [0.717, 1.165) is 31.2 Å². The van der Waals surface area contributed by atoms with Gasteiger partial charge in [-0.25, -0.2) is 0 Å². The monoisotopic (exact) mass is 376 g/mol. The number of anilines is 1. The summed E-state index contributed by atoms with van der Waals surface area (Å²) in [5.74, 6) is 0.722. The molecule has 7 nitrogen and oxygen atoms in total. The molecular formula is C18H25ClN6O. The first-order valence-electron chi connectivity index (χ1n) is 8.65. The Kier molecular flexibility index (Phi) is 8.48. The second-order valence-corrected chi connectivity index (χ2v) is 6.14. The smallest absolute Gasteiger partial charge is 0.224 e. The van der Waals surface area contributed by atoms with Crippen LogP contribution in [0.4, 0.5) is 5.69 Å². The lowest BCUT2D eigenvalue weighted by molar-refractivity contribution is -0.116. The first kappa shape index (κ1) is 19.8. The number of carbonyl (C=O) groups excluding carboxylic acids is 1. The summed E-state index contributed by atoms with van der Waals surface area (Å²) in [6.07, 6.45) is 5.82. The number of aliphatic imine (C=N–C) groups is 1. The molecule has 0 fully saturated rings. The Morgan fingerprint density at radius 3 is 2.58 bits per heavy atom. The highest BCUT2D eigenvalue weighted by molar-refractivity contribution is 6.30. The highest BCUT2D eigenvalue weighted by Gasteiger charge is 2.03. The molecule has 0 atom stereocenters. The molecular weight excluding hydrogens is 352 g/mol. The van der Waals surface area contributed by atoms with E-state index < -0.39 is 0 Å². The molecule has 0 saturated heterocycles. The molecule has 2 rings (SSSR count). The number of amides is 1. The Hall–Kier alpha value is -2.54. The number of aromatic nitrogens is 2. The summed E-state index contributed by atoms with van der Waals surface area (Å²) in [5.41, 5.74) is 0.752. The van der Waals surface area contributed by atoms with Gasteiger partial charge in [0.1, 0.15) is 0 Å². The Labute approximate surface area is 158 Å². The van der Waals surface area contributed by atoms with Crippen LogP contribution in [0.1, 0.15) is 19.3 Å². The second kappa shape index (κ2) is 11.1. The Morgan fingerprint density at radius 1 is 1.19 bits per heavy atom. The molecule has 0 radical (unpaired) electrons. The molecule has 1 heterocycles. The molecule has 0 aliphatic rings. The minimum Gasteiger partial charge on any atom is -0.356 e. The molecule has 1 aromatic heterocycles. The van der Waals surface area contributed by atoms with Crippen molar-refractivity contribution in [2.75, 3.05) is 25.5 Å². The average Bonchev–Trinajstić information content (AvgIpc) is 3.16. The molecule has 3 N–H and O–H groups in total. The predicted molar refractivity (Wildman–Crippen MR) is 106 cm³/mol. The first-order chi connectivity index (χ1) is 12.7. The van der Waals surface area contributed by atoms with Crippen molar-refractivity contribution < 1.29 is 4.79 Å². The summed E-state index contributed by atoms with van der Waals surface area (Å²) in [6.45, 7) is 2.34. The van der Waals surface area contributed by atoms with Crippen molar-refractivity contribution >= 4 is 29.2 Å². The molecule has 0 bridgehead atoms. The number of hydrogen-bond acceptors (Lipinski definition) is 3. The Balaban J connectivity index is 1.55. The van der Waals surface area contributed by atoms with E-state index in [2.05, 4.69) is 26.0 Å². The van der Waals surface area contributed by atoms with E-state index in [9.17, 15) is 4.79 Å². The van der Waals surface area contributed by atoms with Gasteiger partial charge in [-0.1, -0.05) is 11.6 Å². The number of carbonyl (C=O) groups is 1.